The van der Waals surface area contributed by atoms with Gasteiger partial charge in [0.25, 0.3) is 0 Å². The molecule has 0 fully saturated rings. The number of hydrogen-bond acceptors (Lipinski definition) is 2. The minimum atomic E-state index is 0.548. The van der Waals surface area contributed by atoms with Crippen LogP contribution in [0.2, 0.25) is 0 Å². The third-order valence-electron chi connectivity index (χ3n) is 3.49. The number of carbonyl (C=O) groups is 1. The van der Waals surface area contributed by atoms with Crippen LogP contribution in [0.4, 0.5) is 0 Å². The van der Waals surface area contributed by atoms with E-state index in [1.807, 2.05) is 66.7 Å². The molecule has 3 aromatic rings. The molecule has 3 aromatic carbocycles. The highest BCUT2D eigenvalue weighted by molar-refractivity contribution is 9.10. The summed E-state index contributed by atoms with van der Waals surface area (Å²) in [5, 5.41) is 0. The van der Waals surface area contributed by atoms with Gasteiger partial charge in [0, 0.05) is 10.0 Å². The standard InChI is InChI=1S/C20H15BrO2/c21-19-11-16(13-22)10-18(12-19)17-6-8-20(9-7-17)23-14-15-4-2-1-3-5-15/h1-13H,14H2. The van der Waals surface area contributed by atoms with Crippen molar-refractivity contribution in [2.45, 2.75) is 6.61 Å². The molecule has 0 spiro atoms. The molecule has 0 saturated heterocycles. The fourth-order valence-electron chi connectivity index (χ4n) is 2.33. The summed E-state index contributed by atoms with van der Waals surface area (Å²) >= 11 is 3.43. The quantitative estimate of drug-likeness (QED) is 0.556. The number of rotatable bonds is 5. The van der Waals surface area contributed by atoms with Gasteiger partial charge in [-0.25, -0.2) is 0 Å². The Kier molecular flexibility index (Phi) is 4.89. The monoisotopic (exact) mass is 366 g/mol. The van der Waals surface area contributed by atoms with Crippen LogP contribution in [0, 0.1) is 0 Å². The van der Waals surface area contributed by atoms with Crippen LogP contribution in [-0.4, -0.2) is 6.29 Å². The second kappa shape index (κ2) is 7.25. The highest BCUT2D eigenvalue weighted by atomic mass is 79.9. The molecule has 3 rings (SSSR count). The maximum atomic E-state index is 11.0. The van der Waals surface area contributed by atoms with Crippen LogP contribution >= 0.6 is 15.9 Å². The highest BCUT2D eigenvalue weighted by Gasteiger charge is 2.03. The second-order valence-electron chi connectivity index (χ2n) is 5.19. The molecule has 23 heavy (non-hydrogen) atoms. The third kappa shape index (κ3) is 4.08. The Morgan fingerprint density at radius 3 is 2.30 bits per heavy atom. The van der Waals surface area contributed by atoms with Gasteiger partial charge in [0.15, 0.2) is 0 Å². The maximum Gasteiger partial charge on any atom is 0.150 e. The second-order valence-corrected chi connectivity index (χ2v) is 6.11. The van der Waals surface area contributed by atoms with Gasteiger partial charge < -0.3 is 4.74 Å². The summed E-state index contributed by atoms with van der Waals surface area (Å²) in [6.45, 7) is 0.548. The first-order valence-corrected chi connectivity index (χ1v) is 8.07. The van der Waals surface area contributed by atoms with E-state index in [1.165, 1.54) is 0 Å². The van der Waals surface area contributed by atoms with Gasteiger partial charge in [-0.1, -0.05) is 58.4 Å². The lowest BCUT2D eigenvalue weighted by molar-refractivity contribution is 0.112. The number of aldehydes is 1. The lowest BCUT2D eigenvalue weighted by Gasteiger charge is -2.08. The van der Waals surface area contributed by atoms with Crippen LogP contribution in [-0.2, 0) is 6.61 Å². The van der Waals surface area contributed by atoms with Gasteiger partial charge in [0.05, 0.1) is 0 Å². The summed E-state index contributed by atoms with van der Waals surface area (Å²) in [4.78, 5) is 11.0. The van der Waals surface area contributed by atoms with Crippen molar-refractivity contribution in [3.63, 3.8) is 0 Å². The Hall–Kier alpha value is -2.39. The van der Waals surface area contributed by atoms with Crippen molar-refractivity contribution in [2.24, 2.45) is 0 Å². The summed E-state index contributed by atoms with van der Waals surface area (Å²) in [6, 6.07) is 23.6. The molecule has 0 aromatic heterocycles. The van der Waals surface area contributed by atoms with Crippen LogP contribution in [0.3, 0.4) is 0 Å². The van der Waals surface area contributed by atoms with E-state index in [0.29, 0.717) is 12.2 Å². The molecule has 0 radical (unpaired) electrons. The fourth-order valence-corrected chi connectivity index (χ4v) is 2.84. The van der Waals surface area contributed by atoms with Crippen LogP contribution in [0.5, 0.6) is 5.75 Å². The molecule has 0 saturated carbocycles. The summed E-state index contributed by atoms with van der Waals surface area (Å²) in [5.74, 6) is 0.822. The Morgan fingerprint density at radius 2 is 1.61 bits per heavy atom. The lowest BCUT2D eigenvalue weighted by Crippen LogP contribution is -1.94. The summed E-state index contributed by atoms with van der Waals surface area (Å²) < 4.78 is 6.68. The van der Waals surface area contributed by atoms with Gasteiger partial charge >= 0.3 is 0 Å². The first-order chi connectivity index (χ1) is 11.2. The van der Waals surface area contributed by atoms with Crippen molar-refractivity contribution in [1.82, 2.24) is 0 Å². The van der Waals surface area contributed by atoms with E-state index >= 15 is 0 Å². The molecular formula is C20H15BrO2. The molecule has 0 N–H and O–H groups in total. The van der Waals surface area contributed by atoms with Gasteiger partial charge in [-0.15, -0.1) is 0 Å². The molecule has 0 aliphatic carbocycles. The van der Waals surface area contributed by atoms with E-state index < -0.39 is 0 Å². The Labute approximate surface area is 143 Å². The van der Waals surface area contributed by atoms with Gasteiger partial charge in [-0.3, -0.25) is 4.79 Å². The molecule has 0 aliphatic rings. The van der Waals surface area contributed by atoms with Crippen molar-refractivity contribution >= 4 is 22.2 Å². The number of ether oxygens (including phenoxy) is 1. The normalized spacial score (nSPS) is 10.3. The smallest absolute Gasteiger partial charge is 0.150 e. The Morgan fingerprint density at radius 1 is 0.870 bits per heavy atom. The predicted octanol–water partition coefficient (Wildman–Crippen LogP) is 5.51. The van der Waals surface area contributed by atoms with Crippen LogP contribution in [0.25, 0.3) is 11.1 Å². The fraction of sp³-hybridized carbons (Fsp3) is 0.0500. The first kappa shape index (κ1) is 15.5. The number of hydrogen-bond donors (Lipinski definition) is 0. The first-order valence-electron chi connectivity index (χ1n) is 7.27. The Bertz CT molecular complexity index is 796. The molecule has 2 nitrogen and oxygen atoms in total. The lowest BCUT2D eigenvalue weighted by atomic mass is 10.0. The SMILES string of the molecule is O=Cc1cc(Br)cc(-c2ccc(OCc3ccccc3)cc2)c1. The molecule has 0 heterocycles. The van der Waals surface area contributed by atoms with E-state index in [9.17, 15) is 4.79 Å². The van der Waals surface area contributed by atoms with Crippen molar-refractivity contribution in [2.75, 3.05) is 0 Å². The third-order valence-corrected chi connectivity index (χ3v) is 3.95. The highest BCUT2D eigenvalue weighted by Crippen LogP contribution is 2.26. The van der Waals surface area contributed by atoms with Crippen LogP contribution in [0.15, 0.2) is 77.3 Å². The minimum absolute atomic E-state index is 0.548. The minimum Gasteiger partial charge on any atom is -0.489 e. The van der Waals surface area contributed by atoms with Crippen LogP contribution < -0.4 is 4.74 Å². The van der Waals surface area contributed by atoms with E-state index in [1.54, 1.807) is 6.07 Å². The molecule has 0 unspecified atom stereocenters. The molecule has 0 bridgehead atoms. The summed E-state index contributed by atoms with van der Waals surface area (Å²) in [7, 11) is 0. The van der Waals surface area contributed by atoms with Gasteiger partial charge in [-0.05, 0) is 47.0 Å². The van der Waals surface area contributed by atoms with E-state index in [4.69, 9.17) is 4.74 Å². The number of carbonyl (C=O) groups excluding carboxylic acids is 1. The topological polar surface area (TPSA) is 26.3 Å². The molecular weight excluding hydrogens is 352 g/mol. The number of halogens is 1. The average molecular weight is 367 g/mol. The molecule has 114 valence electrons. The molecule has 3 heteroatoms. The van der Waals surface area contributed by atoms with Crippen molar-refractivity contribution < 1.29 is 9.53 Å². The summed E-state index contributed by atoms with van der Waals surface area (Å²) in [6.07, 6.45) is 0.853. The van der Waals surface area contributed by atoms with Crippen molar-refractivity contribution in [3.05, 3.63) is 88.4 Å². The van der Waals surface area contributed by atoms with Gasteiger partial charge in [0.1, 0.15) is 18.6 Å². The summed E-state index contributed by atoms with van der Waals surface area (Å²) in [5.41, 5.74) is 3.83. The van der Waals surface area contributed by atoms with Crippen molar-refractivity contribution in [3.8, 4) is 16.9 Å². The van der Waals surface area contributed by atoms with Gasteiger partial charge in [0.2, 0.25) is 0 Å². The number of benzene rings is 3. The zero-order valence-corrected chi connectivity index (χ0v) is 14.0. The zero-order valence-electron chi connectivity index (χ0n) is 12.4. The van der Waals surface area contributed by atoms with Crippen LogP contribution in [0.1, 0.15) is 15.9 Å². The molecule has 0 atom stereocenters. The predicted molar refractivity (Wildman–Crippen MR) is 95.7 cm³/mol. The molecule has 0 aliphatic heterocycles. The van der Waals surface area contributed by atoms with E-state index in [0.717, 1.165) is 33.2 Å². The zero-order chi connectivity index (χ0) is 16.1. The van der Waals surface area contributed by atoms with E-state index in [-0.39, 0.29) is 0 Å². The average Bonchev–Trinajstić information content (AvgIpc) is 2.60. The van der Waals surface area contributed by atoms with E-state index in [2.05, 4.69) is 15.9 Å². The maximum absolute atomic E-state index is 11.0. The van der Waals surface area contributed by atoms with Crippen molar-refractivity contribution in [1.29, 1.82) is 0 Å². The largest absolute Gasteiger partial charge is 0.489 e. The molecule has 0 amide bonds. The van der Waals surface area contributed by atoms with Gasteiger partial charge in [-0.2, -0.15) is 0 Å². The Balaban J connectivity index is 1.74.